The topological polar surface area (TPSA) is 46.0 Å². The molecule has 2 aromatic carbocycles. The van der Waals surface area contributed by atoms with Gasteiger partial charge in [-0.2, -0.15) is 14.9 Å². The van der Waals surface area contributed by atoms with Crippen molar-refractivity contribution in [2.45, 2.75) is 0 Å². The molecule has 0 saturated carbocycles. The van der Waals surface area contributed by atoms with E-state index < -0.39 is 0 Å². The molecule has 0 unspecified atom stereocenters. The number of hydrogen-bond acceptors (Lipinski definition) is 3. The maximum Gasteiger partial charge on any atom is 0.216 e. The first-order valence-electron chi connectivity index (χ1n) is 6.48. The summed E-state index contributed by atoms with van der Waals surface area (Å²) in [5.74, 6) is 0.525. The van der Waals surface area contributed by atoms with Crippen LogP contribution in [0.4, 0.5) is 0 Å². The minimum atomic E-state index is 0.358. The van der Waals surface area contributed by atoms with Gasteiger partial charge in [-0.3, -0.25) is 0 Å². The van der Waals surface area contributed by atoms with Gasteiger partial charge in [0.1, 0.15) is 0 Å². The largest absolute Gasteiger partial charge is 0.250 e. The second-order valence-electron chi connectivity index (χ2n) is 4.56. The molecule has 0 saturated heterocycles. The number of H-pyrrole nitrogens is 1. The molecule has 0 radical (unpaired) electrons. The van der Waals surface area contributed by atoms with E-state index in [0.29, 0.717) is 25.7 Å². The number of nitrogens with zero attached hydrogens (tertiary/aromatic N) is 3. The lowest BCUT2D eigenvalue weighted by Gasteiger charge is -2.03. The van der Waals surface area contributed by atoms with E-state index in [2.05, 4.69) is 15.3 Å². The van der Waals surface area contributed by atoms with Gasteiger partial charge in [0.15, 0.2) is 5.82 Å². The molecule has 23 heavy (non-hydrogen) atoms. The summed E-state index contributed by atoms with van der Waals surface area (Å²) in [6.07, 6.45) is 1.62. The molecule has 1 N–H and O–H groups in total. The summed E-state index contributed by atoms with van der Waals surface area (Å²) < 4.78 is 1.86. The Bertz CT molecular complexity index is 946. The molecule has 3 aromatic rings. The molecular weight excluding hydrogens is 375 g/mol. The second-order valence-corrected chi connectivity index (χ2v) is 6.17. The Balaban J connectivity index is 2.02. The van der Waals surface area contributed by atoms with Gasteiger partial charge in [-0.1, -0.05) is 53.0 Å². The van der Waals surface area contributed by atoms with Gasteiger partial charge in [-0.25, -0.2) is 5.10 Å². The van der Waals surface area contributed by atoms with Crippen molar-refractivity contribution in [3.63, 3.8) is 0 Å². The Morgan fingerprint density at radius 3 is 2.57 bits per heavy atom. The highest BCUT2D eigenvalue weighted by molar-refractivity contribution is 7.71. The number of aromatic nitrogens is 3. The van der Waals surface area contributed by atoms with Crippen LogP contribution < -0.4 is 0 Å². The molecule has 8 heteroatoms. The van der Waals surface area contributed by atoms with Crippen molar-refractivity contribution in [3.05, 3.63) is 67.9 Å². The third-order valence-electron chi connectivity index (χ3n) is 3.03. The van der Waals surface area contributed by atoms with Gasteiger partial charge >= 0.3 is 0 Å². The van der Waals surface area contributed by atoms with Gasteiger partial charge in [0, 0.05) is 5.56 Å². The SMILES string of the molecule is S=c1[nH]nc(-c2ccccc2Cl)n1N=Cc1ccc(Cl)c(Cl)c1. The highest BCUT2D eigenvalue weighted by Crippen LogP contribution is 2.26. The lowest BCUT2D eigenvalue weighted by Crippen LogP contribution is -1.95. The highest BCUT2D eigenvalue weighted by Gasteiger charge is 2.11. The fourth-order valence-electron chi connectivity index (χ4n) is 1.93. The smallest absolute Gasteiger partial charge is 0.216 e. The van der Waals surface area contributed by atoms with E-state index in [0.717, 1.165) is 11.1 Å². The molecule has 3 rings (SSSR count). The molecule has 0 aliphatic heterocycles. The van der Waals surface area contributed by atoms with E-state index in [-0.39, 0.29) is 0 Å². The normalized spacial score (nSPS) is 11.3. The van der Waals surface area contributed by atoms with Gasteiger partial charge in [0.05, 0.1) is 21.3 Å². The van der Waals surface area contributed by atoms with E-state index in [9.17, 15) is 0 Å². The molecular formula is C15H9Cl3N4S. The van der Waals surface area contributed by atoms with Crippen LogP contribution in [0.2, 0.25) is 15.1 Å². The first-order valence-corrected chi connectivity index (χ1v) is 8.02. The molecule has 0 bridgehead atoms. The molecule has 0 aliphatic rings. The molecule has 116 valence electrons. The van der Waals surface area contributed by atoms with Crippen molar-refractivity contribution in [1.29, 1.82) is 0 Å². The van der Waals surface area contributed by atoms with Crippen molar-refractivity contribution in [3.8, 4) is 11.4 Å². The quantitative estimate of drug-likeness (QED) is 0.483. The van der Waals surface area contributed by atoms with E-state index in [1.807, 2.05) is 18.2 Å². The predicted octanol–water partition coefficient (Wildman–Crippen LogP) is 5.45. The zero-order chi connectivity index (χ0) is 16.4. The Kier molecular flexibility index (Phi) is 4.82. The maximum absolute atomic E-state index is 6.21. The van der Waals surface area contributed by atoms with Crippen LogP contribution in [0.3, 0.4) is 0 Å². The Hall–Kier alpha value is -1.66. The average molecular weight is 384 g/mol. The number of benzene rings is 2. The van der Waals surface area contributed by atoms with E-state index in [1.54, 1.807) is 30.5 Å². The van der Waals surface area contributed by atoms with Crippen LogP contribution in [0, 0.1) is 4.77 Å². The van der Waals surface area contributed by atoms with Crippen molar-refractivity contribution in [2.24, 2.45) is 5.10 Å². The number of aromatic amines is 1. The summed E-state index contributed by atoms with van der Waals surface area (Å²) in [5, 5.41) is 12.8. The van der Waals surface area contributed by atoms with Crippen LogP contribution in [0.1, 0.15) is 5.56 Å². The lowest BCUT2D eigenvalue weighted by molar-refractivity contribution is 0.871. The van der Waals surface area contributed by atoms with Crippen molar-refractivity contribution in [1.82, 2.24) is 14.9 Å². The fraction of sp³-hybridized carbons (Fsp3) is 0. The van der Waals surface area contributed by atoms with Crippen LogP contribution in [0.15, 0.2) is 47.6 Å². The number of hydrogen-bond donors (Lipinski definition) is 1. The third kappa shape index (κ3) is 3.48. The van der Waals surface area contributed by atoms with Gasteiger partial charge < -0.3 is 0 Å². The van der Waals surface area contributed by atoms with E-state index in [4.69, 9.17) is 47.0 Å². The summed E-state index contributed by atoms with van der Waals surface area (Å²) in [5.41, 5.74) is 1.51. The van der Waals surface area contributed by atoms with Crippen LogP contribution >= 0.6 is 47.0 Å². The van der Waals surface area contributed by atoms with E-state index in [1.165, 1.54) is 4.68 Å². The fourth-order valence-corrected chi connectivity index (χ4v) is 2.64. The molecule has 0 amide bonds. The van der Waals surface area contributed by atoms with Crippen LogP contribution in [-0.2, 0) is 0 Å². The van der Waals surface area contributed by atoms with Gasteiger partial charge in [-0.15, -0.1) is 0 Å². The summed E-state index contributed by atoms with van der Waals surface area (Å²) >= 11 is 23.3. The summed E-state index contributed by atoms with van der Waals surface area (Å²) in [6, 6.07) is 12.6. The second kappa shape index (κ2) is 6.84. The van der Waals surface area contributed by atoms with Crippen LogP contribution in [0.25, 0.3) is 11.4 Å². The van der Waals surface area contributed by atoms with Gasteiger partial charge in [0.2, 0.25) is 4.77 Å². The van der Waals surface area contributed by atoms with Crippen LogP contribution in [-0.4, -0.2) is 21.1 Å². The number of nitrogens with one attached hydrogen (secondary N) is 1. The number of halogens is 3. The zero-order valence-electron chi connectivity index (χ0n) is 11.5. The third-order valence-corrected chi connectivity index (χ3v) is 4.36. The molecule has 4 nitrogen and oxygen atoms in total. The molecule has 0 spiro atoms. The maximum atomic E-state index is 6.21. The summed E-state index contributed by atoms with van der Waals surface area (Å²) in [7, 11) is 0. The molecule has 0 aliphatic carbocycles. The van der Waals surface area contributed by atoms with E-state index >= 15 is 0 Å². The Morgan fingerprint density at radius 2 is 1.83 bits per heavy atom. The zero-order valence-corrected chi connectivity index (χ0v) is 14.6. The van der Waals surface area contributed by atoms with Crippen molar-refractivity contribution < 1.29 is 0 Å². The first-order chi connectivity index (χ1) is 11.1. The first kappa shape index (κ1) is 16.2. The molecule has 1 aromatic heterocycles. The van der Waals surface area contributed by atoms with Crippen molar-refractivity contribution in [2.75, 3.05) is 0 Å². The van der Waals surface area contributed by atoms with Crippen molar-refractivity contribution >= 4 is 53.2 Å². The average Bonchev–Trinajstić information content (AvgIpc) is 2.90. The highest BCUT2D eigenvalue weighted by atomic mass is 35.5. The predicted molar refractivity (Wildman–Crippen MR) is 97.3 cm³/mol. The molecule has 0 fully saturated rings. The number of rotatable bonds is 3. The monoisotopic (exact) mass is 382 g/mol. The Morgan fingerprint density at radius 1 is 1.04 bits per heavy atom. The minimum Gasteiger partial charge on any atom is -0.250 e. The van der Waals surface area contributed by atoms with Gasteiger partial charge in [-0.05, 0) is 42.0 Å². The van der Waals surface area contributed by atoms with Gasteiger partial charge in [0.25, 0.3) is 0 Å². The Labute approximate surface area is 152 Å². The lowest BCUT2D eigenvalue weighted by atomic mass is 10.2. The standard InChI is InChI=1S/C15H9Cl3N4S/c16-11-4-2-1-3-10(11)14-20-21-15(23)22(14)19-8-9-5-6-12(17)13(18)7-9/h1-8H,(H,21,23). The molecule has 1 heterocycles. The minimum absolute atomic E-state index is 0.358. The summed E-state index contributed by atoms with van der Waals surface area (Å²) in [6.45, 7) is 0. The van der Waals surface area contributed by atoms with Crippen LogP contribution in [0.5, 0.6) is 0 Å². The molecule has 0 atom stereocenters. The summed E-state index contributed by atoms with van der Waals surface area (Å²) in [4.78, 5) is 0.